The number of hydrazine groups is 1. The van der Waals surface area contributed by atoms with E-state index in [9.17, 15) is 10.1 Å². The molecule has 3 aromatic rings. The first-order valence-electron chi connectivity index (χ1n) is 8.03. The minimum absolute atomic E-state index is 0.172. The Balaban J connectivity index is 1.68. The lowest BCUT2D eigenvalue weighted by molar-refractivity contribution is -0.389. The van der Waals surface area contributed by atoms with E-state index >= 15 is 0 Å². The average molecular weight is 353 g/mol. The van der Waals surface area contributed by atoms with Crippen molar-refractivity contribution in [3.05, 3.63) is 82.0 Å². The lowest BCUT2D eigenvalue weighted by Gasteiger charge is -2.12. The second-order valence-electron chi connectivity index (χ2n) is 5.62. The van der Waals surface area contributed by atoms with Crippen LogP contribution in [0.2, 0.25) is 0 Å². The number of hydrogen-bond donors (Lipinski definition) is 2. The highest BCUT2D eigenvalue weighted by Crippen LogP contribution is 2.21. The number of para-hydroxylation sites is 1. The van der Waals surface area contributed by atoms with E-state index in [-0.39, 0.29) is 5.82 Å². The summed E-state index contributed by atoms with van der Waals surface area (Å²) in [5.74, 6) is 0.539. The number of ether oxygens (including phenoxy) is 1. The van der Waals surface area contributed by atoms with Gasteiger partial charge in [-0.3, -0.25) is 0 Å². The van der Waals surface area contributed by atoms with Crippen LogP contribution in [0.3, 0.4) is 0 Å². The zero-order valence-corrected chi connectivity index (χ0v) is 14.3. The van der Waals surface area contributed by atoms with E-state index < -0.39 is 4.92 Å². The molecule has 0 fully saturated rings. The Hall–Kier alpha value is -3.39. The van der Waals surface area contributed by atoms with Gasteiger partial charge in [0.05, 0.1) is 31.0 Å². The van der Waals surface area contributed by atoms with Crippen molar-refractivity contribution in [2.45, 2.75) is 13.1 Å². The summed E-state index contributed by atoms with van der Waals surface area (Å²) in [6.45, 7) is 0.988. The van der Waals surface area contributed by atoms with E-state index in [4.69, 9.17) is 4.74 Å². The zero-order chi connectivity index (χ0) is 18.4. The number of aromatic nitrogens is 2. The summed E-state index contributed by atoms with van der Waals surface area (Å²) < 4.78 is 6.91. The monoisotopic (exact) mass is 353 g/mol. The predicted molar refractivity (Wildman–Crippen MR) is 97.9 cm³/mol. The van der Waals surface area contributed by atoms with Crippen molar-refractivity contribution in [2.75, 3.05) is 12.5 Å². The molecule has 2 aromatic carbocycles. The molecule has 0 amide bonds. The van der Waals surface area contributed by atoms with Gasteiger partial charge in [-0.15, -0.1) is 0 Å². The molecule has 1 aromatic heterocycles. The first-order valence-corrected chi connectivity index (χ1v) is 8.03. The average Bonchev–Trinajstić information content (AvgIpc) is 3.12. The number of nitrogens with one attached hydrogen (secondary N) is 2. The molecule has 0 saturated heterocycles. The maximum Gasteiger partial charge on any atom is 0.389 e. The van der Waals surface area contributed by atoms with Crippen LogP contribution in [0.15, 0.2) is 60.8 Å². The highest BCUT2D eigenvalue weighted by molar-refractivity contribution is 5.42. The molecular formula is C18H19N5O3. The van der Waals surface area contributed by atoms with Gasteiger partial charge in [0.15, 0.2) is 0 Å². The smallest absolute Gasteiger partial charge is 0.389 e. The standard InChI is InChI=1S/C18H19N5O3/c1-26-17-8-7-14(12-19-20-16-5-3-2-4-6-16)11-15(17)13-22-10-9-18(21-22)23(24)25/h2-11,19-20H,12-13H2,1H3. The van der Waals surface area contributed by atoms with Crippen LogP contribution in [-0.4, -0.2) is 21.8 Å². The SMILES string of the molecule is COc1ccc(CNNc2ccccc2)cc1Cn1ccc([N+](=O)[O-])n1. The third-order valence-electron chi connectivity index (χ3n) is 3.79. The maximum absolute atomic E-state index is 10.8. The van der Waals surface area contributed by atoms with Crippen LogP contribution in [0, 0.1) is 10.1 Å². The van der Waals surface area contributed by atoms with Crippen LogP contribution in [0.5, 0.6) is 5.75 Å². The fourth-order valence-electron chi connectivity index (χ4n) is 2.55. The van der Waals surface area contributed by atoms with Gasteiger partial charge in [-0.1, -0.05) is 24.3 Å². The van der Waals surface area contributed by atoms with Crippen molar-refractivity contribution in [2.24, 2.45) is 0 Å². The van der Waals surface area contributed by atoms with Gasteiger partial charge < -0.3 is 20.3 Å². The first kappa shape index (κ1) is 17.4. The molecule has 8 nitrogen and oxygen atoms in total. The second kappa shape index (κ2) is 8.13. The van der Waals surface area contributed by atoms with Crippen molar-refractivity contribution in [1.29, 1.82) is 0 Å². The predicted octanol–water partition coefficient (Wildman–Crippen LogP) is 2.96. The minimum Gasteiger partial charge on any atom is -0.496 e. The van der Waals surface area contributed by atoms with E-state index in [1.54, 1.807) is 13.3 Å². The van der Waals surface area contributed by atoms with Crippen molar-refractivity contribution >= 4 is 11.5 Å². The van der Waals surface area contributed by atoms with E-state index in [0.29, 0.717) is 18.8 Å². The summed E-state index contributed by atoms with van der Waals surface area (Å²) in [5, 5.41) is 14.7. The molecule has 2 N–H and O–H groups in total. The molecule has 3 rings (SSSR count). The molecule has 8 heteroatoms. The number of hydrogen-bond acceptors (Lipinski definition) is 6. The fourth-order valence-corrected chi connectivity index (χ4v) is 2.55. The van der Waals surface area contributed by atoms with Gasteiger partial charge in [-0.05, 0) is 34.8 Å². The molecular weight excluding hydrogens is 334 g/mol. The molecule has 0 saturated carbocycles. The largest absolute Gasteiger partial charge is 0.496 e. The van der Waals surface area contributed by atoms with Crippen LogP contribution < -0.4 is 15.6 Å². The Morgan fingerprint density at radius 3 is 2.69 bits per heavy atom. The van der Waals surface area contributed by atoms with Gasteiger partial charge in [-0.25, -0.2) is 5.43 Å². The van der Waals surface area contributed by atoms with Crippen molar-refractivity contribution in [1.82, 2.24) is 15.2 Å². The van der Waals surface area contributed by atoms with Gasteiger partial charge >= 0.3 is 5.82 Å². The zero-order valence-electron chi connectivity index (χ0n) is 14.3. The normalized spacial score (nSPS) is 10.5. The first-order chi connectivity index (χ1) is 12.7. The highest BCUT2D eigenvalue weighted by atomic mass is 16.6. The van der Waals surface area contributed by atoms with Crippen molar-refractivity contribution in [3.63, 3.8) is 0 Å². The number of rotatable bonds is 8. The van der Waals surface area contributed by atoms with Crippen LogP contribution in [0.1, 0.15) is 11.1 Å². The van der Waals surface area contributed by atoms with E-state index in [0.717, 1.165) is 16.8 Å². The van der Waals surface area contributed by atoms with E-state index in [2.05, 4.69) is 16.0 Å². The highest BCUT2D eigenvalue weighted by Gasteiger charge is 2.13. The Labute approximate surface area is 150 Å². The van der Waals surface area contributed by atoms with Gasteiger partial charge in [0.25, 0.3) is 0 Å². The third kappa shape index (κ3) is 4.37. The molecule has 134 valence electrons. The van der Waals surface area contributed by atoms with Crippen LogP contribution in [0.4, 0.5) is 11.5 Å². The molecule has 0 spiro atoms. The molecule has 0 aliphatic heterocycles. The van der Waals surface area contributed by atoms with Crippen LogP contribution in [-0.2, 0) is 13.1 Å². The molecule has 0 bridgehead atoms. The van der Waals surface area contributed by atoms with E-state index in [1.807, 2.05) is 48.5 Å². The molecule has 0 radical (unpaired) electrons. The molecule has 26 heavy (non-hydrogen) atoms. The van der Waals surface area contributed by atoms with E-state index in [1.165, 1.54) is 10.7 Å². The van der Waals surface area contributed by atoms with Crippen LogP contribution in [0.25, 0.3) is 0 Å². The quantitative estimate of drug-likeness (QED) is 0.478. The summed E-state index contributed by atoms with van der Waals surface area (Å²) in [6, 6.07) is 17.0. The summed E-state index contributed by atoms with van der Waals surface area (Å²) in [4.78, 5) is 10.3. The number of methoxy groups -OCH3 is 1. The second-order valence-corrected chi connectivity index (χ2v) is 5.62. The summed E-state index contributed by atoms with van der Waals surface area (Å²) >= 11 is 0. The minimum atomic E-state index is -0.511. The summed E-state index contributed by atoms with van der Waals surface area (Å²) in [5.41, 5.74) is 9.21. The Morgan fingerprint density at radius 1 is 1.19 bits per heavy atom. The number of nitrogens with zero attached hydrogens (tertiary/aromatic N) is 3. The molecule has 1 heterocycles. The topological polar surface area (TPSA) is 94.2 Å². The summed E-state index contributed by atoms with van der Waals surface area (Å²) in [7, 11) is 1.60. The number of anilines is 1. The Morgan fingerprint density at radius 2 is 2.00 bits per heavy atom. The lowest BCUT2D eigenvalue weighted by Crippen LogP contribution is -2.20. The molecule has 0 aliphatic carbocycles. The van der Waals surface area contributed by atoms with Gasteiger partial charge in [-0.2, -0.15) is 4.68 Å². The number of benzene rings is 2. The molecule has 0 atom stereocenters. The molecule has 0 unspecified atom stereocenters. The van der Waals surface area contributed by atoms with Crippen molar-refractivity contribution < 1.29 is 9.66 Å². The Bertz CT molecular complexity index is 880. The fraction of sp³-hybridized carbons (Fsp3) is 0.167. The maximum atomic E-state index is 10.8. The molecule has 0 aliphatic rings. The van der Waals surface area contributed by atoms with Crippen molar-refractivity contribution in [3.8, 4) is 5.75 Å². The number of nitro groups is 1. The summed E-state index contributed by atoms with van der Waals surface area (Å²) in [6.07, 6.45) is 1.58. The third-order valence-corrected chi connectivity index (χ3v) is 3.79. The Kier molecular flexibility index (Phi) is 5.45. The van der Waals surface area contributed by atoms with Gasteiger partial charge in [0.1, 0.15) is 5.75 Å². The van der Waals surface area contributed by atoms with Gasteiger partial charge in [0, 0.05) is 17.8 Å². The van der Waals surface area contributed by atoms with Gasteiger partial charge in [0.2, 0.25) is 0 Å². The lowest BCUT2D eigenvalue weighted by atomic mass is 10.1. The van der Waals surface area contributed by atoms with Crippen LogP contribution >= 0.6 is 0 Å².